The van der Waals surface area contributed by atoms with Crippen LogP contribution in [-0.4, -0.2) is 37.0 Å². The molecule has 0 bridgehead atoms. The number of carbonyl (C=O) groups excluding carboxylic acids is 1. The van der Waals surface area contributed by atoms with Crippen LogP contribution in [0.25, 0.3) is 0 Å². The predicted octanol–water partition coefficient (Wildman–Crippen LogP) is 2.27. The third kappa shape index (κ3) is 3.71. The Morgan fingerprint density at radius 1 is 1.04 bits per heavy atom. The molecule has 1 aliphatic heterocycles. The molecule has 0 aromatic heterocycles. The van der Waals surface area contributed by atoms with E-state index in [0.29, 0.717) is 31.5 Å². The van der Waals surface area contributed by atoms with Gasteiger partial charge in [-0.25, -0.2) is 0 Å². The minimum atomic E-state index is 0.0192. The van der Waals surface area contributed by atoms with Crippen LogP contribution in [0.4, 0.5) is 0 Å². The Bertz CT molecular complexity index is 630. The summed E-state index contributed by atoms with van der Waals surface area (Å²) in [5, 5.41) is 0. The van der Waals surface area contributed by atoms with Gasteiger partial charge in [0.15, 0.2) is 6.61 Å². The van der Waals surface area contributed by atoms with E-state index >= 15 is 0 Å². The molecule has 1 fully saturated rings. The van der Waals surface area contributed by atoms with Crippen molar-refractivity contribution in [3.8, 4) is 5.75 Å². The molecule has 2 atom stereocenters. The van der Waals surface area contributed by atoms with E-state index < -0.39 is 0 Å². The van der Waals surface area contributed by atoms with Crippen LogP contribution in [0.1, 0.15) is 11.5 Å². The number of ether oxygens (including phenoxy) is 1. The highest BCUT2D eigenvalue weighted by Crippen LogP contribution is 2.32. The second-order valence-electron chi connectivity index (χ2n) is 5.91. The zero-order valence-corrected chi connectivity index (χ0v) is 13.1. The number of carbonyl (C=O) groups is 1. The summed E-state index contributed by atoms with van der Waals surface area (Å²) in [4.78, 5) is 14.3. The first-order valence-corrected chi connectivity index (χ1v) is 7.98. The Morgan fingerprint density at radius 3 is 2.35 bits per heavy atom. The molecule has 1 saturated heterocycles. The lowest BCUT2D eigenvalue weighted by atomic mass is 9.89. The molecule has 0 unspecified atom stereocenters. The van der Waals surface area contributed by atoms with Gasteiger partial charge in [-0.15, -0.1) is 0 Å². The number of nitrogens with two attached hydrogens (primary N) is 1. The van der Waals surface area contributed by atoms with E-state index in [1.807, 2.05) is 53.4 Å². The molecule has 1 aliphatic rings. The average Bonchev–Trinajstić information content (AvgIpc) is 3.06. The molecule has 1 amide bonds. The Hall–Kier alpha value is -2.33. The van der Waals surface area contributed by atoms with Crippen molar-refractivity contribution in [1.82, 2.24) is 4.90 Å². The quantitative estimate of drug-likeness (QED) is 0.921. The van der Waals surface area contributed by atoms with Gasteiger partial charge >= 0.3 is 0 Å². The molecule has 2 aromatic rings. The van der Waals surface area contributed by atoms with Crippen LogP contribution in [0.2, 0.25) is 0 Å². The number of nitrogens with zero attached hydrogens (tertiary/aromatic N) is 1. The van der Waals surface area contributed by atoms with E-state index in [4.69, 9.17) is 10.5 Å². The van der Waals surface area contributed by atoms with Crippen molar-refractivity contribution in [3.63, 3.8) is 0 Å². The molecule has 2 aromatic carbocycles. The van der Waals surface area contributed by atoms with Crippen LogP contribution in [-0.2, 0) is 4.79 Å². The fourth-order valence-electron chi connectivity index (χ4n) is 3.14. The normalized spacial score (nSPS) is 20.5. The maximum Gasteiger partial charge on any atom is 0.260 e. The van der Waals surface area contributed by atoms with Crippen molar-refractivity contribution < 1.29 is 9.53 Å². The van der Waals surface area contributed by atoms with Gasteiger partial charge in [-0.2, -0.15) is 0 Å². The number of amides is 1. The molecule has 0 aliphatic carbocycles. The van der Waals surface area contributed by atoms with Crippen molar-refractivity contribution in [2.45, 2.75) is 5.92 Å². The van der Waals surface area contributed by atoms with Gasteiger partial charge in [-0.1, -0.05) is 48.5 Å². The minimum Gasteiger partial charge on any atom is -0.484 e. The van der Waals surface area contributed by atoms with Crippen molar-refractivity contribution in [3.05, 3.63) is 66.2 Å². The zero-order chi connectivity index (χ0) is 16.1. The molecule has 3 rings (SSSR count). The molecule has 23 heavy (non-hydrogen) atoms. The summed E-state index contributed by atoms with van der Waals surface area (Å²) in [7, 11) is 0. The van der Waals surface area contributed by atoms with Gasteiger partial charge in [0.1, 0.15) is 5.75 Å². The largest absolute Gasteiger partial charge is 0.484 e. The molecular weight excluding hydrogens is 288 g/mol. The lowest BCUT2D eigenvalue weighted by Crippen LogP contribution is -2.33. The highest BCUT2D eigenvalue weighted by Gasteiger charge is 2.35. The highest BCUT2D eigenvalue weighted by atomic mass is 16.5. The summed E-state index contributed by atoms with van der Waals surface area (Å²) in [6, 6.07) is 19.7. The van der Waals surface area contributed by atoms with E-state index in [1.54, 1.807) is 0 Å². The van der Waals surface area contributed by atoms with Crippen LogP contribution >= 0.6 is 0 Å². The molecule has 2 N–H and O–H groups in total. The van der Waals surface area contributed by atoms with Gasteiger partial charge in [0.05, 0.1) is 0 Å². The standard InChI is InChI=1S/C19H22N2O2/c20-11-16-12-21(13-18(16)15-7-3-1-4-8-15)19(22)14-23-17-9-5-2-6-10-17/h1-10,16,18H,11-14,20H2/t16-,18+/m1/s1. The summed E-state index contributed by atoms with van der Waals surface area (Å²) in [6.45, 7) is 2.07. The zero-order valence-electron chi connectivity index (χ0n) is 13.1. The van der Waals surface area contributed by atoms with Crippen molar-refractivity contribution in [1.29, 1.82) is 0 Å². The van der Waals surface area contributed by atoms with E-state index in [9.17, 15) is 4.79 Å². The number of para-hydroxylation sites is 1. The highest BCUT2D eigenvalue weighted by molar-refractivity contribution is 5.78. The van der Waals surface area contributed by atoms with Crippen LogP contribution < -0.4 is 10.5 Å². The summed E-state index contributed by atoms with van der Waals surface area (Å²) >= 11 is 0. The molecule has 0 radical (unpaired) electrons. The first-order valence-electron chi connectivity index (χ1n) is 7.98. The molecule has 0 spiro atoms. The summed E-state index contributed by atoms with van der Waals surface area (Å²) in [5.74, 6) is 1.35. The van der Waals surface area contributed by atoms with E-state index in [1.165, 1.54) is 5.56 Å². The number of likely N-dealkylation sites (tertiary alicyclic amines) is 1. The fourth-order valence-corrected chi connectivity index (χ4v) is 3.14. The van der Waals surface area contributed by atoms with Crippen LogP contribution in [0, 0.1) is 5.92 Å². The maximum absolute atomic E-state index is 12.4. The van der Waals surface area contributed by atoms with Gasteiger partial charge in [0.2, 0.25) is 0 Å². The molecule has 0 saturated carbocycles. The Kier molecular flexibility index (Phi) is 4.93. The van der Waals surface area contributed by atoms with Gasteiger partial charge in [0.25, 0.3) is 5.91 Å². The molecule has 120 valence electrons. The molecule has 1 heterocycles. The molecular formula is C19H22N2O2. The van der Waals surface area contributed by atoms with Gasteiger partial charge < -0.3 is 15.4 Å². The topological polar surface area (TPSA) is 55.6 Å². The first kappa shape index (κ1) is 15.6. The van der Waals surface area contributed by atoms with Gasteiger partial charge in [-0.05, 0) is 30.2 Å². The molecule has 4 nitrogen and oxygen atoms in total. The number of hydrogen-bond acceptors (Lipinski definition) is 3. The van der Waals surface area contributed by atoms with Crippen molar-refractivity contribution in [2.75, 3.05) is 26.2 Å². The van der Waals surface area contributed by atoms with Crippen molar-refractivity contribution in [2.24, 2.45) is 11.7 Å². The smallest absolute Gasteiger partial charge is 0.260 e. The third-order valence-corrected chi connectivity index (χ3v) is 4.43. The van der Waals surface area contributed by atoms with Gasteiger partial charge in [0, 0.05) is 19.0 Å². The average molecular weight is 310 g/mol. The second kappa shape index (κ2) is 7.29. The number of rotatable bonds is 5. The number of hydrogen-bond donors (Lipinski definition) is 1. The van der Waals surface area contributed by atoms with Gasteiger partial charge in [-0.3, -0.25) is 4.79 Å². The lowest BCUT2D eigenvalue weighted by Gasteiger charge is -2.17. The predicted molar refractivity (Wildman–Crippen MR) is 90.2 cm³/mol. The Morgan fingerprint density at radius 2 is 1.70 bits per heavy atom. The summed E-state index contributed by atoms with van der Waals surface area (Å²) in [5.41, 5.74) is 7.17. The summed E-state index contributed by atoms with van der Waals surface area (Å²) in [6.07, 6.45) is 0. The van der Waals surface area contributed by atoms with Crippen LogP contribution in [0.5, 0.6) is 5.75 Å². The SMILES string of the molecule is NC[C@@H]1CN(C(=O)COc2ccccc2)C[C@H]1c1ccccc1. The van der Waals surface area contributed by atoms with Crippen molar-refractivity contribution >= 4 is 5.91 Å². The number of benzene rings is 2. The monoisotopic (exact) mass is 310 g/mol. The van der Waals surface area contributed by atoms with E-state index in [0.717, 1.165) is 5.75 Å². The maximum atomic E-state index is 12.4. The second-order valence-corrected chi connectivity index (χ2v) is 5.91. The molecule has 4 heteroatoms. The third-order valence-electron chi connectivity index (χ3n) is 4.43. The lowest BCUT2D eigenvalue weighted by molar-refractivity contribution is -0.132. The fraction of sp³-hybridized carbons (Fsp3) is 0.316. The van der Waals surface area contributed by atoms with Crippen LogP contribution in [0.3, 0.4) is 0 Å². The Labute approximate surface area is 136 Å². The Balaban J connectivity index is 1.61. The van der Waals surface area contributed by atoms with E-state index in [2.05, 4.69) is 12.1 Å². The van der Waals surface area contributed by atoms with Crippen LogP contribution in [0.15, 0.2) is 60.7 Å². The minimum absolute atomic E-state index is 0.0192. The summed E-state index contributed by atoms with van der Waals surface area (Å²) < 4.78 is 5.57. The van der Waals surface area contributed by atoms with E-state index in [-0.39, 0.29) is 12.5 Å². The first-order chi connectivity index (χ1) is 11.3.